The van der Waals surface area contributed by atoms with Crippen LogP contribution in [0.3, 0.4) is 0 Å². The Morgan fingerprint density at radius 3 is 2.55 bits per heavy atom. The molecule has 1 aromatic carbocycles. The highest BCUT2D eigenvalue weighted by molar-refractivity contribution is 5.82. The molecule has 0 aliphatic carbocycles. The molecule has 1 atom stereocenters. The first-order valence-corrected chi connectivity index (χ1v) is 6.82. The summed E-state index contributed by atoms with van der Waals surface area (Å²) in [4.78, 5) is 23.8. The molecule has 1 rings (SSSR count). The summed E-state index contributed by atoms with van der Waals surface area (Å²) in [6.07, 6.45) is 2.87. The van der Waals surface area contributed by atoms with Crippen LogP contribution in [0.4, 0.5) is 5.69 Å². The van der Waals surface area contributed by atoms with Gasteiger partial charge in [-0.2, -0.15) is 0 Å². The monoisotopic (exact) mass is 279 g/mol. The number of carboxylic acid groups (broad SMARTS) is 1. The van der Waals surface area contributed by atoms with Crippen molar-refractivity contribution in [2.45, 2.75) is 39.2 Å². The van der Waals surface area contributed by atoms with E-state index in [9.17, 15) is 19.8 Å². The van der Waals surface area contributed by atoms with Crippen LogP contribution in [0.1, 0.15) is 43.5 Å². The number of unbranched alkanes of at least 4 members (excludes halogenated alkanes) is 1. The molecule has 0 amide bonds. The van der Waals surface area contributed by atoms with Crippen LogP contribution in [0.25, 0.3) is 0 Å². The van der Waals surface area contributed by atoms with Crippen molar-refractivity contribution in [2.24, 2.45) is 0 Å². The summed E-state index contributed by atoms with van der Waals surface area (Å²) in [5.41, 5.74) is 0.810. The molecule has 20 heavy (non-hydrogen) atoms. The molecule has 5 heteroatoms. The molecule has 0 aliphatic heterocycles. The zero-order valence-electron chi connectivity index (χ0n) is 11.9. The summed E-state index contributed by atoms with van der Waals surface area (Å²) in [6, 6.07) is 3.98. The number of likely N-dealkylation sites (N-methyl/N-ethyl adjacent to an activating group) is 1. The molecule has 0 aromatic heterocycles. The fourth-order valence-corrected chi connectivity index (χ4v) is 2.20. The number of hydrogen-bond acceptors (Lipinski definition) is 4. The lowest BCUT2D eigenvalue weighted by molar-refractivity contribution is -0.138. The summed E-state index contributed by atoms with van der Waals surface area (Å²) in [5, 5.41) is 19.1. The molecule has 2 N–H and O–H groups in total. The van der Waals surface area contributed by atoms with Gasteiger partial charge in [-0.15, -0.1) is 0 Å². The number of hydrogen-bond donors (Lipinski definition) is 2. The van der Waals surface area contributed by atoms with Crippen molar-refractivity contribution in [2.75, 3.05) is 11.4 Å². The first kappa shape index (κ1) is 16.0. The van der Waals surface area contributed by atoms with Crippen LogP contribution < -0.4 is 4.90 Å². The third-order valence-electron chi connectivity index (χ3n) is 3.31. The lowest BCUT2D eigenvalue weighted by atomic mass is 10.1. The third kappa shape index (κ3) is 3.73. The van der Waals surface area contributed by atoms with Crippen molar-refractivity contribution in [1.29, 1.82) is 0 Å². The van der Waals surface area contributed by atoms with Gasteiger partial charge in [-0.05, 0) is 25.5 Å². The number of anilines is 1. The van der Waals surface area contributed by atoms with E-state index in [1.165, 1.54) is 12.1 Å². The predicted octanol–water partition coefficient (Wildman–Crippen LogP) is 2.67. The van der Waals surface area contributed by atoms with Crippen molar-refractivity contribution in [3.63, 3.8) is 0 Å². The standard InChI is InChI=1S/C15H21NO4/c1-3-5-6-13(15(19)20)16(4-2)12-8-7-11(10-17)14(18)9-12/h7-10,13,18H,3-6H2,1-2H3,(H,19,20). The van der Waals surface area contributed by atoms with Crippen LogP contribution in [-0.4, -0.2) is 35.1 Å². The quantitative estimate of drug-likeness (QED) is 0.715. The molecule has 0 saturated carbocycles. The number of aromatic hydroxyl groups is 1. The number of benzene rings is 1. The summed E-state index contributed by atoms with van der Waals surface area (Å²) in [7, 11) is 0. The van der Waals surface area contributed by atoms with E-state index in [2.05, 4.69) is 0 Å². The lowest BCUT2D eigenvalue weighted by Crippen LogP contribution is -2.41. The van der Waals surface area contributed by atoms with Crippen LogP contribution in [-0.2, 0) is 4.79 Å². The summed E-state index contributed by atoms with van der Waals surface area (Å²) < 4.78 is 0. The lowest BCUT2D eigenvalue weighted by Gasteiger charge is -2.30. The number of carboxylic acids is 1. The van der Waals surface area contributed by atoms with Gasteiger partial charge in [0, 0.05) is 18.3 Å². The first-order valence-electron chi connectivity index (χ1n) is 6.82. The molecular formula is C15H21NO4. The Morgan fingerprint density at radius 1 is 1.40 bits per heavy atom. The van der Waals surface area contributed by atoms with Crippen LogP contribution in [0, 0.1) is 0 Å². The van der Waals surface area contributed by atoms with E-state index in [0.717, 1.165) is 12.8 Å². The predicted molar refractivity (Wildman–Crippen MR) is 77.5 cm³/mol. The molecule has 0 heterocycles. The fourth-order valence-electron chi connectivity index (χ4n) is 2.20. The minimum Gasteiger partial charge on any atom is -0.507 e. The minimum atomic E-state index is -0.876. The number of phenolic OH excluding ortho intramolecular Hbond substituents is 1. The van der Waals surface area contributed by atoms with Gasteiger partial charge in [0.05, 0.1) is 5.56 Å². The molecule has 1 unspecified atom stereocenters. The molecule has 0 saturated heterocycles. The second kappa shape index (κ2) is 7.53. The SMILES string of the molecule is CCCCC(C(=O)O)N(CC)c1ccc(C=O)c(O)c1. The van der Waals surface area contributed by atoms with Gasteiger partial charge < -0.3 is 15.1 Å². The zero-order chi connectivity index (χ0) is 15.1. The second-order valence-corrected chi connectivity index (χ2v) is 4.64. The molecular weight excluding hydrogens is 258 g/mol. The van der Waals surface area contributed by atoms with E-state index in [1.807, 2.05) is 13.8 Å². The minimum absolute atomic E-state index is 0.129. The molecule has 110 valence electrons. The Kier molecular flexibility index (Phi) is 6.03. The number of rotatable bonds is 8. The topological polar surface area (TPSA) is 77.8 Å². The maximum atomic E-state index is 11.4. The molecule has 5 nitrogen and oxygen atoms in total. The van der Waals surface area contributed by atoms with Gasteiger partial charge in [0.25, 0.3) is 0 Å². The highest BCUT2D eigenvalue weighted by Crippen LogP contribution is 2.26. The van der Waals surface area contributed by atoms with E-state index in [4.69, 9.17) is 0 Å². The van der Waals surface area contributed by atoms with Gasteiger partial charge in [0.2, 0.25) is 0 Å². The average molecular weight is 279 g/mol. The van der Waals surface area contributed by atoms with Gasteiger partial charge >= 0.3 is 5.97 Å². The van der Waals surface area contributed by atoms with E-state index in [1.54, 1.807) is 11.0 Å². The van der Waals surface area contributed by atoms with Gasteiger partial charge in [-0.25, -0.2) is 4.79 Å². The molecule has 0 radical (unpaired) electrons. The molecule has 1 aromatic rings. The number of aldehydes is 1. The van der Waals surface area contributed by atoms with Crippen molar-refractivity contribution < 1.29 is 19.8 Å². The molecule has 0 fully saturated rings. The fraction of sp³-hybridized carbons (Fsp3) is 0.467. The van der Waals surface area contributed by atoms with Crippen molar-refractivity contribution >= 4 is 17.9 Å². The summed E-state index contributed by atoms with van der Waals surface area (Å²) in [6.45, 7) is 4.40. The number of carbonyl (C=O) groups is 2. The van der Waals surface area contributed by atoms with Gasteiger partial charge in [-0.3, -0.25) is 4.79 Å². The van der Waals surface area contributed by atoms with Crippen molar-refractivity contribution in [3.05, 3.63) is 23.8 Å². The molecule has 0 spiro atoms. The Bertz CT molecular complexity index is 473. The number of carbonyl (C=O) groups excluding carboxylic acids is 1. The summed E-state index contributed by atoms with van der Waals surface area (Å²) in [5.74, 6) is -1.00. The number of phenols is 1. The Labute approximate surface area is 118 Å². The highest BCUT2D eigenvalue weighted by Gasteiger charge is 2.24. The average Bonchev–Trinajstić information content (AvgIpc) is 2.43. The van der Waals surface area contributed by atoms with Crippen LogP contribution in [0.15, 0.2) is 18.2 Å². The van der Waals surface area contributed by atoms with Crippen molar-refractivity contribution in [1.82, 2.24) is 0 Å². The van der Waals surface area contributed by atoms with E-state index in [0.29, 0.717) is 24.9 Å². The van der Waals surface area contributed by atoms with Crippen LogP contribution in [0.2, 0.25) is 0 Å². The maximum absolute atomic E-state index is 11.4. The molecule has 0 bridgehead atoms. The maximum Gasteiger partial charge on any atom is 0.326 e. The Balaban J connectivity index is 3.06. The van der Waals surface area contributed by atoms with E-state index in [-0.39, 0.29) is 11.3 Å². The summed E-state index contributed by atoms with van der Waals surface area (Å²) >= 11 is 0. The number of aliphatic carboxylic acids is 1. The third-order valence-corrected chi connectivity index (χ3v) is 3.31. The molecule has 0 aliphatic rings. The van der Waals surface area contributed by atoms with Gasteiger partial charge in [-0.1, -0.05) is 19.8 Å². The van der Waals surface area contributed by atoms with Crippen LogP contribution in [0.5, 0.6) is 5.75 Å². The zero-order valence-corrected chi connectivity index (χ0v) is 11.9. The van der Waals surface area contributed by atoms with Gasteiger partial charge in [0.1, 0.15) is 11.8 Å². The largest absolute Gasteiger partial charge is 0.507 e. The normalized spacial score (nSPS) is 11.9. The van der Waals surface area contributed by atoms with Crippen LogP contribution >= 0.6 is 0 Å². The second-order valence-electron chi connectivity index (χ2n) is 4.64. The smallest absolute Gasteiger partial charge is 0.326 e. The van der Waals surface area contributed by atoms with E-state index >= 15 is 0 Å². The van der Waals surface area contributed by atoms with Gasteiger partial charge in [0.15, 0.2) is 6.29 Å². The highest BCUT2D eigenvalue weighted by atomic mass is 16.4. The van der Waals surface area contributed by atoms with E-state index < -0.39 is 12.0 Å². The number of nitrogens with zero attached hydrogens (tertiary/aromatic N) is 1. The first-order chi connectivity index (χ1) is 9.54. The Hall–Kier alpha value is -2.04. The Morgan fingerprint density at radius 2 is 2.10 bits per heavy atom. The van der Waals surface area contributed by atoms with Crippen molar-refractivity contribution in [3.8, 4) is 5.75 Å².